The molecule has 0 spiro atoms. The zero-order chi connectivity index (χ0) is 11.5. The second-order valence-corrected chi connectivity index (χ2v) is 5.40. The van der Waals surface area contributed by atoms with Crippen LogP contribution in [-0.4, -0.2) is 19.6 Å². The first-order chi connectivity index (χ1) is 8.43. The summed E-state index contributed by atoms with van der Waals surface area (Å²) in [4.78, 5) is 2.60. The topological polar surface area (TPSA) is 15.3 Å². The van der Waals surface area contributed by atoms with E-state index in [0.29, 0.717) is 0 Å². The fraction of sp³-hybridized carbons (Fsp3) is 0.600. The van der Waals surface area contributed by atoms with Crippen molar-refractivity contribution in [1.82, 2.24) is 5.32 Å². The fourth-order valence-corrected chi connectivity index (χ4v) is 3.22. The van der Waals surface area contributed by atoms with E-state index in [9.17, 15) is 0 Å². The number of hydrogen-bond acceptors (Lipinski definition) is 2. The molecule has 17 heavy (non-hydrogen) atoms. The van der Waals surface area contributed by atoms with Gasteiger partial charge in [-0.05, 0) is 30.4 Å². The van der Waals surface area contributed by atoms with Gasteiger partial charge in [-0.3, -0.25) is 0 Å². The van der Waals surface area contributed by atoms with E-state index in [1.807, 2.05) is 0 Å². The average Bonchev–Trinajstić information content (AvgIpc) is 2.78. The highest BCUT2D eigenvalue weighted by Crippen LogP contribution is 2.29. The van der Waals surface area contributed by atoms with E-state index in [0.717, 1.165) is 25.6 Å². The van der Waals surface area contributed by atoms with Crippen molar-refractivity contribution < 1.29 is 0 Å². The summed E-state index contributed by atoms with van der Waals surface area (Å²) in [6.07, 6.45) is 5.76. The minimum atomic E-state index is 0.932. The molecule has 2 heteroatoms. The smallest absolute Gasteiger partial charge is 0.0412 e. The Morgan fingerprint density at radius 1 is 1.18 bits per heavy atom. The Balaban J connectivity index is 1.78. The van der Waals surface area contributed by atoms with Crippen molar-refractivity contribution in [2.24, 2.45) is 5.92 Å². The van der Waals surface area contributed by atoms with Crippen molar-refractivity contribution in [3.05, 3.63) is 29.8 Å². The van der Waals surface area contributed by atoms with Gasteiger partial charge in [-0.1, -0.05) is 31.0 Å². The van der Waals surface area contributed by atoms with E-state index >= 15 is 0 Å². The third kappa shape index (κ3) is 2.47. The summed E-state index contributed by atoms with van der Waals surface area (Å²) in [6.45, 7) is 4.56. The normalized spacial score (nSPS) is 21.3. The molecular weight excluding hydrogens is 208 g/mol. The molecule has 1 saturated carbocycles. The Kier molecular flexibility index (Phi) is 3.32. The highest BCUT2D eigenvalue weighted by atomic mass is 15.2. The monoisotopic (exact) mass is 230 g/mol. The van der Waals surface area contributed by atoms with Crippen LogP contribution in [0.15, 0.2) is 24.3 Å². The maximum Gasteiger partial charge on any atom is 0.0412 e. The van der Waals surface area contributed by atoms with E-state index in [-0.39, 0.29) is 0 Å². The lowest BCUT2D eigenvalue weighted by Crippen LogP contribution is -2.32. The van der Waals surface area contributed by atoms with Crippen molar-refractivity contribution in [2.45, 2.75) is 32.2 Å². The Morgan fingerprint density at radius 2 is 2.00 bits per heavy atom. The summed E-state index contributed by atoms with van der Waals surface area (Å²) in [5, 5.41) is 3.52. The average molecular weight is 230 g/mol. The predicted molar refractivity (Wildman–Crippen MR) is 72.3 cm³/mol. The fourth-order valence-electron chi connectivity index (χ4n) is 3.22. The molecule has 1 heterocycles. The van der Waals surface area contributed by atoms with Crippen LogP contribution in [0, 0.1) is 5.92 Å². The van der Waals surface area contributed by atoms with Crippen LogP contribution in [-0.2, 0) is 6.54 Å². The summed E-state index contributed by atoms with van der Waals surface area (Å²) >= 11 is 0. The molecule has 3 rings (SSSR count). The van der Waals surface area contributed by atoms with E-state index in [1.54, 1.807) is 0 Å². The van der Waals surface area contributed by atoms with Gasteiger partial charge in [-0.15, -0.1) is 0 Å². The van der Waals surface area contributed by atoms with Crippen LogP contribution < -0.4 is 10.2 Å². The number of rotatable bonds is 2. The molecule has 2 nitrogen and oxygen atoms in total. The second kappa shape index (κ2) is 5.09. The Labute approximate surface area is 104 Å². The van der Waals surface area contributed by atoms with E-state index in [1.165, 1.54) is 43.5 Å². The van der Waals surface area contributed by atoms with Gasteiger partial charge in [-0.25, -0.2) is 0 Å². The molecule has 1 aromatic rings. The zero-order valence-corrected chi connectivity index (χ0v) is 10.5. The molecule has 2 aliphatic rings. The molecule has 0 unspecified atom stereocenters. The van der Waals surface area contributed by atoms with Crippen molar-refractivity contribution in [1.29, 1.82) is 0 Å². The molecular formula is C15H22N2. The molecule has 0 bridgehead atoms. The molecule has 0 amide bonds. The molecule has 1 fully saturated rings. The summed E-state index contributed by atoms with van der Waals surface area (Å²) in [5.41, 5.74) is 2.92. The quantitative estimate of drug-likeness (QED) is 0.840. The first-order valence-electron chi connectivity index (χ1n) is 6.97. The Bertz CT molecular complexity index is 369. The summed E-state index contributed by atoms with van der Waals surface area (Å²) in [7, 11) is 0. The highest BCUT2D eigenvalue weighted by Gasteiger charge is 2.21. The molecule has 1 aliphatic heterocycles. The van der Waals surface area contributed by atoms with Crippen molar-refractivity contribution in [2.75, 3.05) is 24.5 Å². The lowest BCUT2D eigenvalue weighted by molar-refractivity contribution is 0.529. The minimum Gasteiger partial charge on any atom is -0.370 e. The van der Waals surface area contributed by atoms with E-state index in [4.69, 9.17) is 0 Å². The lowest BCUT2D eigenvalue weighted by Gasteiger charge is -2.27. The van der Waals surface area contributed by atoms with Crippen LogP contribution in [0.2, 0.25) is 0 Å². The molecule has 92 valence electrons. The maximum atomic E-state index is 3.52. The molecule has 0 aromatic heterocycles. The van der Waals surface area contributed by atoms with Crippen molar-refractivity contribution >= 4 is 5.69 Å². The number of benzene rings is 1. The first-order valence-corrected chi connectivity index (χ1v) is 6.97. The largest absolute Gasteiger partial charge is 0.370 e. The Morgan fingerprint density at radius 3 is 2.88 bits per heavy atom. The van der Waals surface area contributed by atoms with Crippen LogP contribution in [0.25, 0.3) is 0 Å². The molecule has 0 saturated heterocycles. The van der Waals surface area contributed by atoms with Crippen LogP contribution >= 0.6 is 0 Å². The van der Waals surface area contributed by atoms with Gasteiger partial charge in [0.25, 0.3) is 0 Å². The molecule has 1 N–H and O–H groups in total. The summed E-state index contributed by atoms with van der Waals surface area (Å²) in [5.74, 6) is 0.932. The standard InChI is InChI=1S/C15H22N2/c1-2-6-13(5-1)12-17-10-9-16-11-14-7-3-4-8-15(14)17/h3-4,7-8,13,16H,1-2,5-6,9-12H2. The van der Waals surface area contributed by atoms with Crippen molar-refractivity contribution in [3.63, 3.8) is 0 Å². The summed E-state index contributed by atoms with van der Waals surface area (Å²) < 4.78 is 0. The highest BCUT2D eigenvalue weighted by molar-refractivity contribution is 5.54. The number of fused-ring (bicyclic) bond motifs is 1. The van der Waals surface area contributed by atoms with Crippen molar-refractivity contribution in [3.8, 4) is 0 Å². The third-order valence-corrected chi connectivity index (χ3v) is 4.16. The first kappa shape index (κ1) is 11.1. The SMILES string of the molecule is c1ccc2c(c1)CNCCN2CC1CCCC1. The minimum absolute atomic E-state index is 0.932. The zero-order valence-electron chi connectivity index (χ0n) is 10.5. The van der Waals surface area contributed by atoms with Gasteiger partial charge in [-0.2, -0.15) is 0 Å². The van der Waals surface area contributed by atoms with E-state index < -0.39 is 0 Å². The van der Waals surface area contributed by atoms with Gasteiger partial charge < -0.3 is 10.2 Å². The van der Waals surface area contributed by atoms with Crippen LogP contribution in [0.1, 0.15) is 31.2 Å². The second-order valence-electron chi connectivity index (χ2n) is 5.40. The predicted octanol–water partition coefficient (Wildman–Crippen LogP) is 2.79. The van der Waals surface area contributed by atoms with Gasteiger partial charge in [0.15, 0.2) is 0 Å². The molecule has 0 radical (unpaired) electrons. The van der Waals surface area contributed by atoms with Gasteiger partial charge in [0.1, 0.15) is 0 Å². The number of nitrogens with one attached hydrogen (secondary N) is 1. The van der Waals surface area contributed by atoms with Gasteiger partial charge in [0.05, 0.1) is 0 Å². The summed E-state index contributed by atoms with van der Waals surface area (Å²) in [6, 6.07) is 8.87. The third-order valence-electron chi connectivity index (χ3n) is 4.16. The van der Waals surface area contributed by atoms with E-state index in [2.05, 4.69) is 34.5 Å². The maximum absolute atomic E-state index is 3.52. The molecule has 1 aliphatic carbocycles. The molecule has 1 aromatic carbocycles. The number of para-hydroxylation sites is 1. The Hall–Kier alpha value is -1.02. The molecule has 0 atom stereocenters. The van der Waals surface area contributed by atoms with Crippen LogP contribution in [0.3, 0.4) is 0 Å². The number of hydrogen-bond donors (Lipinski definition) is 1. The number of nitrogens with zero attached hydrogens (tertiary/aromatic N) is 1. The lowest BCUT2D eigenvalue weighted by atomic mass is 10.1. The van der Waals surface area contributed by atoms with Crippen LogP contribution in [0.4, 0.5) is 5.69 Å². The van der Waals surface area contributed by atoms with Gasteiger partial charge >= 0.3 is 0 Å². The van der Waals surface area contributed by atoms with Crippen LogP contribution in [0.5, 0.6) is 0 Å². The van der Waals surface area contributed by atoms with Gasteiger partial charge in [0, 0.05) is 31.9 Å². The van der Waals surface area contributed by atoms with Gasteiger partial charge in [0.2, 0.25) is 0 Å². The number of anilines is 1.